The van der Waals surface area contributed by atoms with Gasteiger partial charge in [0.15, 0.2) is 0 Å². The summed E-state index contributed by atoms with van der Waals surface area (Å²) in [6.45, 7) is 22.1. The molecule has 228 valence electrons. The standard InChI is InChI=1S/C38H64O2/c1-10-11-12-13-14-18-34(39)40-33-23-24-36(7)30-22-26-37(8)29(28(4)17-15-16-27(2)3)21-25-38(37,9)31(30)19-20-32(36)35(33,5)6/h16,28-29,32-33H,10-15,17-26H2,1-9H3/t28-,29-,32+,33+,36-,37-,38+/m1/s1. The molecule has 0 heterocycles. The van der Waals surface area contributed by atoms with E-state index in [1.165, 1.54) is 82.6 Å². The molecule has 7 atom stereocenters. The molecule has 2 heteroatoms. The normalized spacial score (nSPS) is 37.3. The number of carbonyl (C=O) groups is 1. The maximum Gasteiger partial charge on any atom is 0.306 e. The van der Waals surface area contributed by atoms with Gasteiger partial charge in [0.05, 0.1) is 0 Å². The lowest BCUT2D eigenvalue weighted by Crippen LogP contribution is -2.55. The van der Waals surface area contributed by atoms with E-state index in [1.807, 2.05) is 11.1 Å². The number of carbonyl (C=O) groups excluding carboxylic acids is 1. The lowest BCUT2D eigenvalue weighted by molar-refractivity contribution is -0.170. The SMILES string of the molecule is CCCCCCCC(=O)O[C@H]1CC[C@]2(C)C3=C(CC[C@H]2C1(C)C)[C@]1(C)CC[C@H]([C@H](C)CCC=C(C)C)[C@@]1(C)CC3. The largest absolute Gasteiger partial charge is 0.462 e. The summed E-state index contributed by atoms with van der Waals surface area (Å²) in [5.74, 6) is 2.29. The molecular weight excluding hydrogens is 488 g/mol. The predicted molar refractivity (Wildman–Crippen MR) is 170 cm³/mol. The summed E-state index contributed by atoms with van der Waals surface area (Å²) in [5.41, 5.74) is 6.25. The van der Waals surface area contributed by atoms with Crippen LogP contribution in [0.2, 0.25) is 0 Å². The molecule has 2 nitrogen and oxygen atoms in total. The summed E-state index contributed by atoms with van der Waals surface area (Å²) >= 11 is 0. The quantitative estimate of drug-likeness (QED) is 0.145. The van der Waals surface area contributed by atoms with Gasteiger partial charge in [-0.3, -0.25) is 4.79 Å². The molecule has 0 saturated heterocycles. The van der Waals surface area contributed by atoms with E-state index in [-0.39, 0.29) is 22.9 Å². The van der Waals surface area contributed by atoms with Crippen LogP contribution in [-0.2, 0) is 9.53 Å². The summed E-state index contributed by atoms with van der Waals surface area (Å²) in [6.07, 6.45) is 21.7. The van der Waals surface area contributed by atoms with E-state index in [9.17, 15) is 4.79 Å². The summed E-state index contributed by atoms with van der Waals surface area (Å²) < 4.78 is 6.28. The Balaban J connectivity index is 1.49. The minimum Gasteiger partial charge on any atom is -0.462 e. The zero-order valence-electron chi connectivity index (χ0n) is 28.0. The first kappa shape index (κ1) is 31.9. The molecule has 0 bridgehead atoms. The van der Waals surface area contributed by atoms with E-state index < -0.39 is 0 Å². The lowest BCUT2D eigenvalue weighted by atomic mass is 9.43. The number of ether oxygens (including phenoxy) is 1. The molecule has 0 aromatic carbocycles. The van der Waals surface area contributed by atoms with Crippen LogP contribution in [0.5, 0.6) is 0 Å². The van der Waals surface area contributed by atoms with Gasteiger partial charge in [0.25, 0.3) is 0 Å². The molecule has 0 amide bonds. The first-order valence-electron chi connectivity index (χ1n) is 17.4. The van der Waals surface area contributed by atoms with Crippen molar-refractivity contribution in [2.24, 2.45) is 39.4 Å². The Bertz CT molecular complexity index is 966. The van der Waals surface area contributed by atoms with Crippen LogP contribution in [0.3, 0.4) is 0 Å². The fraction of sp³-hybridized carbons (Fsp3) is 0.868. The molecule has 4 rings (SSSR count). The van der Waals surface area contributed by atoms with Crippen LogP contribution < -0.4 is 0 Å². The van der Waals surface area contributed by atoms with Crippen molar-refractivity contribution in [3.8, 4) is 0 Å². The smallest absolute Gasteiger partial charge is 0.306 e. The van der Waals surface area contributed by atoms with Gasteiger partial charge in [0.1, 0.15) is 6.10 Å². The van der Waals surface area contributed by atoms with Crippen molar-refractivity contribution >= 4 is 5.97 Å². The van der Waals surface area contributed by atoms with E-state index in [2.05, 4.69) is 68.4 Å². The molecular formula is C38H64O2. The van der Waals surface area contributed by atoms with Crippen molar-refractivity contribution in [3.63, 3.8) is 0 Å². The molecule has 2 saturated carbocycles. The van der Waals surface area contributed by atoms with Gasteiger partial charge in [-0.2, -0.15) is 0 Å². The second-order valence-electron chi connectivity index (χ2n) is 16.2. The number of fused-ring (bicyclic) bond motifs is 4. The van der Waals surface area contributed by atoms with Crippen molar-refractivity contribution in [1.29, 1.82) is 0 Å². The number of rotatable bonds is 11. The van der Waals surface area contributed by atoms with Gasteiger partial charge < -0.3 is 4.74 Å². The topological polar surface area (TPSA) is 26.3 Å². The average molecular weight is 553 g/mol. The van der Waals surface area contributed by atoms with Crippen molar-refractivity contribution in [1.82, 2.24) is 0 Å². The highest BCUT2D eigenvalue weighted by Crippen LogP contribution is 2.72. The first-order chi connectivity index (χ1) is 18.8. The first-order valence-corrected chi connectivity index (χ1v) is 17.4. The van der Waals surface area contributed by atoms with Crippen molar-refractivity contribution in [3.05, 3.63) is 22.8 Å². The zero-order valence-corrected chi connectivity index (χ0v) is 28.0. The zero-order chi connectivity index (χ0) is 29.3. The van der Waals surface area contributed by atoms with Gasteiger partial charge in [-0.15, -0.1) is 0 Å². The monoisotopic (exact) mass is 552 g/mol. The Morgan fingerprint density at radius 3 is 2.35 bits per heavy atom. The predicted octanol–water partition coefficient (Wildman–Crippen LogP) is 11.4. The van der Waals surface area contributed by atoms with Gasteiger partial charge in [-0.1, -0.05) is 96.9 Å². The third-order valence-electron chi connectivity index (χ3n) is 13.4. The van der Waals surface area contributed by atoms with Gasteiger partial charge in [-0.25, -0.2) is 0 Å². The molecule has 0 aliphatic heterocycles. The van der Waals surface area contributed by atoms with E-state index >= 15 is 0 Å². The summed E-state index contributed by atoms with van der Waals surface area (Å²) in [6, 6.07) is 0. The lowest BCUT2D eigenvalue weighted by Gasteiger charge is -2.62. The molecule has 40 heavy (non-hydrogen) atoms. The number of esters is 1. The molecule has 2 fully saturated rings. The minimum atomic E-state index is 0.0305. The maximum absolute atomic E-state index is 12.9. The highest BCUT2D eigenvalue weighted by molar-refractivity contribution is 5.69. The molecule has 0 N–H and O–H groups in total. The van der Waals surface area contributed by atoms with Crippen LogP contribution >= 0.6 is 0 Å². The molecule has 0 radical (unpaired) electrons. The van der Waals surface area contributed by atoms with Crippen molar-refractivity contribution in [2.75, 3.05) is 0 Å². The van der Waals surface area contributed by atoms with Crippen LogP contribution in [0.1, 0.15) is 165 Å². The molecule has 0 aromatic heterocycles. The van der Waals surface area contributed by atoms with Crippen molar-refractivity contribution in [2.45, 2.75) is 171 Å². The summed E-state index contributed by atoms with van der Waals surface area (Å²) in [4.78, 5) is 12.9. The summed E-state index contributed by atoms with van der Waals surface area (Å²) in [7, 11) is 0. The number of hydrogen-bond donors (Lipinski definition) is 0. The van der Waals surface area contributed by atoms with Gasteiger partial charge in [-0.05, 0) is 118 Å². The Kier molecular flexibility index (Phi) is 9.79. The van der Waals surface area contributed by atoms with E-state index in [0.29, 0.717) is 23.2 Å². The number of unbranched alkanes of at least 4 members (excludes halogenated alkanes) is 4. The Hall–Kier alpha value is -1.05. The van der Waals surface area contributed by atoms with E-state index in [4.69, 9.17) is 4.74 Å². The second-order valence-corrected chi connectivity index (χ2v) is 16.2. The highest BCUT2D eigenvalue weighted by Gasteiger charge is 2.63. The second kappa shape index (κ2) is 12.3. The van der Waals surface area contributed by atoms with Crippen LogP contribution in [0.25, 0.3) is 0 Å². The van der Waals surface area contributed by atoms with Gasteiger partial charge in [0.2, 0.25) is 0 Å². The van der Waals surface area contributed by atoms with Crippen LogP contribution in [0.15, 0.2) is 22.8 Å². The molecule has 0 spiro atoms. The molecule has 0 unspecified atom stereocenters. The third-order valence-corrected chi connectivity index (χ3v) is 13.4. The Labute approximate surface area is 248 Å². The van der Waals surface area contributed by atoms with Gasteiger partial charge >= 0.3 is 5.97 Å². The fourth-order valence-corrected chi connectivity index (χ4v) is 10.8. The maximum atomic E-state index is 12.9. The Morgan fingerprint density at radius 1 is 0.925 bits per heavy atom. The summed E-state index contributed by atoms with van der Waals surface area (Å²) in [5, 5.41) is 0. The fourth-order valence-electron chi connectivity index (χ4n) is 10.8. The highest BCUT2D eigenvalue weighted by atomic mass is 16.5. The molecule has 4 aliphatic rings. The minimum absolute atomic E-state index is 0.0305. The average Bonchev–Trinajstić information content (AvgIpc) is 3.16. The Morgan fingerprint density at radius 2 is 1.65 bits per heavy atom. The van der Waals surface area contributed by atoms with Crippen molar-refractivity contribution < 1.29 is 9.53 Å². The molecule has 4 aliphatic carbocycles. The number of hydrogen-bond acceptors (Lipinski definition) is 2. The van der Waals surface area contributed by atoms with Crippen LogP contribution in [0.4, 0.5) is 0 Å². The number of allylic oxidation sites excluding steroid dienone is 4. The van der Waals surface area contributed by atoms with E-state index in [1.54, 1.807) is 0 Å². The van der Waals surface area contributed by atoms with Gasteiger partial charge in [0, 0.05) is 11.8 Å². The van der Waals surface area contributed by atoms with Crippen LogP contribution in [-0.4, -0.2) is 12.1 Å². The third kappa shape index (κ3) is 5.65. The van der Waals surface area contributed by atoms with E-state index in [0.717, 1.165) is 31.1 Å². The molecule has 0 aromatic rings. The van der Waals surface area contributed by atoms with Crippen LogP contribution in [0, 0.1) is 39.4 Å².